The summed E-state index contributed by atoms with van der Waals surface area (Å²) in [6.45, 7) is 0. The van der Waals surface area contributed by atoms with Crippen LogP contribution in [0.2, 0.25) is 5.15 Å². The molecule has 1 heterocycles. The van der Waals surface area contributed by atoms with Gasteiger partial charge in [0.25, 0.3) is 0 Å². The van der Waals surface area contributed by atoms with Gasteiger partial charge >= 0.3 is 0 Å². The lowest BCUT2D eigenvalue weighted by Crippen LogP contribution is -2.27. The maximum atomic E-state index is 12.1. The Bertz CT molecular complexity index is 434. The fraction of sp³-hybridized carbons (Fsp3) is 0.583. The molecule has 2 aliphatic carbocycles. The second-order valence-corrected chi connectivity index (χ2v) is 5.38. The molecule has 1 aromatic heterocycles. The summed E-state index contributed by atoms with van der Waals surface area (Å²) in [4.78, 5) is 20.0. The third kappa shape index (κ3) is 2.14. The zero-order valence-electron chi connectivity index (χ0n) is 9.40. The number of hydrogen-bond acceptors (Lipinski definition) is 3. The van der Waals surface area contributed by atoms with Crippen molar-refractivity contribution in [1.29, 1.82) is 0 Å². The predicted molar refractivity (Wildman–Crippen MR) is 64.6 cm³/mol. The molecule has 2 bridgehead atoms. The summed E-state index contributed by atoms with van der Waals surface area (Å²) in [6, 6.07) is 0. The molecule has 2 aliphatic rings. The first-order chi connectivity index (χ1) is 8.22. The second-order valence-electron chi connectivity index (χ2n) is 4.99. The Kier molecular flexibility index (Phi) is 2.74. The number of nitrogens with one attached hydrogen (secondary N) is 1. The Labute approximate surface area is 105 Å². The van der Waals surface area contributed by atoms with Crippen molar-refractivity contribution in [3.05, 3.63) is 17.5 Å². The zero-order valence-corrected chi connectivity index (χ0v) is 10.2. The molecule has 1 N–H and O–H groups in total. The molecule has 4 nitrogen and oxygen atoms in total. The number of anilines is 1. The molecular formula is C12H14ClN3O. The standard InChI is InChI=1S/C12H14ClN3O/c13-10-5-15-11(6-14-10)16-12(17)9-4-7-1-2-8(9)3-7/h5-9H,1-4H2,(H,15,16,17). The number of carbonyl (C=O) groups excluding carboxylic acids is 1. The molecule has 0 saturated heterocycles. The van der Waals surface area contributed by atoms with Gasteiger partial charge in [0.15, 0.2) is 5.82 Å². The summed E-state index contributed by atoms with van der Waals surface area (Å²) >= 11 is 5.64. The molecule has 3 unspecified atom stereocenters. The minimum absolute atomic E-state index is 0.0915. The van der Waals surface area contributed by atoms with Gasteiger partial charge in [0.05, 0.1) is 12.4 Å². The largest absolute Gasteiger partial charge is 0.309 e. The average Bonchev–Trinajstić information content (AvgIpc) is 2.94. The topological polar surface area (TPSA) is 54.9 Å². The Morgan fingerprint density at radius 2 is 2.18 bits per heavy atom. The van der Waals surface area contributed by atoms with Gasteiger partial charge in [0.2, 0.25) is 5.91 Å². The van der Waals surface area contributed by atoms with Crippen LogP contribution in [-0.2, 0) is 4.79 Å². The van der Waals surface area contributed by atoms with Crippen LogP contribution in [0.3, 0.4) is 0 Å². The van der Waals surface area contributed by atoms with Crippen LogP contribution in [0, 0.1) is 17.8 Å². The third-order valence-electron chi connectivity index (χ3n) is 3.95. The lowest BCUT2D eigenvalue weighted by atomic mass is 9.88. The predicted octanol–water partition coefficient (Wildman–Crippen LogP) is 2.50. The van der Waals surface area contributed by atoms with Crippen molar-refractivity contribution in [3.8, 4) is 0 Å². The molecule has 3 atom stereocenters. The summed E-state index contributed by atoms with van der Waals surface area (Å²) in [5.74, 6) is 2.11. The SMILES string of the molecule is O=C(Nc1cnc(Cl)cn1)C1CC2CCC1C2. The summed E-state index contributed by atoms with van der Waals surface area (Å²) in [6.07, 6.45) is 7.71. The van der Waals surface area contributed by atoms with E-state index in [1.165, 1.54) is 31.7 Å². The van der Waals surface area contributed by atoms with E-state index in [4.69, 9.17) is 11.6 Å². The quantitative estimate of drug-likeness (QED) is 0.879. The van der Waals surface area contributed by atoms with Gasteiger partial charge in [0.1, 0.15) is 5.15 Å². The molecule has 1 aromatic rings. The van der Waals surface area contributed by atoms with Gasteiger partial charge < -0.3 is 5.32 Å². The van der Waals surface area contributed by atoms with E-state index in [1.807, 2.05) is 0 Å². The van der Waals surface area contributed by atoms with Crippen molar-refractivity contribution >= 4 is 23.3 Å². The van der Waals surface area contributed by atoms with Crippen LogP contribution < -0.4 is 5.32 Å². The van der Waals surface area contributed by atoms with Gasteiger partial charge in [-0.3, -0.25) is 4.79 Å². The molecule has 5 heteroatoms. The summed E-state index contributed by atoms with van der Waals surface area (Å²) in [7, 11) is 0. The number of amides is 1. The van der Waals surface area contributed by atoms with Gasteiger partial charge in [-0.2, -0.15) is 0 Å². The van der Waals surface area contributed by atoms with E-state index in [9.17, 15) is 4.79 Å². The van der Waals surface area contributed by atoms with E-state index < -0.39 is 0 Å². The molecular weight excluding hydrogens is 238 g/mol. The molecule has 3 rings (SSSR count). The van der Waals surface area contributed by atoms with Crippen molar-refractivity contribution in [3.63, 3.8) is 0 Å². The molecule has 17 heavy (non-hydrogen) atoms. The van der Waals surface area contributed by atoms with E-state index in [0.717, 1.165) is 12.3 Å². The lowest BCUT2D eigenvalue weighted by molar-refractivity contribution is -0.121. The molecule has 0 spiro atoms. The van der Waals surface area contributed by atoms with Crippen LogP contribution in [0.15, 0.2) is 12.4 Å². The highest BCUT2D eigenvalue weighted by molar-refractivity contribution is 6.29. The van der Waals surface area contributed by atoms with Gasteiger partial charge in [-0.25, -0.2) is 9.97 Å². The number of aromatic nitrogens is 2. The molecule has 2 saturated carbocycles. The number of nitrogens with zero attached hydrogens (tertiary/aromatic N) is 2. The van der Waals surface area contributed by atoms with Crippen molar-refractivity contribution < 1.29 is 4.79 Å². The van der Waals surface area contributed by atoms with E-state index in [-0.39, 0.29) is 11.8 Å². The number of fused-ring (bicyclic) bond motifs is 2. The molecule has 0 aromatic carbocycles. The smallest absolute Gasteiger partial charge is 0.228 e. The molecule has 2 fully saturated rings. The highest BCUT2D eigenvalue weighted by Crippen LogP contribution is 2.48. The molecule has 0 aliphatic heterocycles. The minimum atomic E-state index is 0.0915. The van der Waals surface area contributed by atoms with Crippen molar-refractivity contribution in [2.45, 2.75) is 25.7 Å². The third-order valence-corrected chi connectivity index (χ3v) is 4.14. The van der Waals surface area contributed by atoms with Crippen molar-refractivity contribution in [2.24, 2.45) is 17.8 Å². The highest BCUT2D eigenvalue weighted by atomic mass is 35.5. The summed E-state index contributed by atoms with van der Waals surface area (Å²) < 4.78 is 0. The van der Waals surface area contributed by atoms with Crippen LogP contribution in [0.5, 0.6) is 0 Å². The highest BCUT2D eigenvalue weighted by Gasteiger charge is 2.43. The first-order valence-electron chi connectivity index (χ1n) is 6.01. The lowest BCUT2D eigenvalue weighted by Gasteiger charge is -2.20. The Morgan fingerprint density at radius 3 is 2.76 bits per heavy atom. The van der Waals surface area contributed by atoms with Gasteiger partial charge in [-0.15, -0.1) is 0 Å². The van der Waals surface area contributed by atoms with E-state index >= 15 is 0 Å². The number of rotatable bonds is 2. The number of hydrogen-bond donors (Lipinski definition) is 1. The first kappa shape index (κ1) is 11.0. The fourth-order valence-corrected chi connectivity index (χ4v) is 3.26. The van der Waals surface area contributed by atoms with Crippen LogP contribution in [0.25, 0.3) is 0 Å². The van der Waals surface area contributed by atoms with E-state index in [2.05, 4.69) is 15.3 Å². The molecule has 90 valence electrons. The maximum Gasteiger partial charge on any atom is 0.228 e. The first-order valence-corrected chi connectivity index (χ1v) is 6.38. The van der Waals surface area contributed by atoms with E-state index in [1.54, 1.807) is 0 Å². The van der Waals surface area contributed by atoms with Crippen molar-refractivity contribution in [1.82, 2.24) is 9.97 Å². The summed E-state index contributed by atoms with van der Waals surface area (Å²) in [5, 5.41) is 3.16. The van der Waals surface area contributed by atoms with E-state index in [0.29, 0.717) is 16.9 Å². The monoisotopic (exact) mass is 251 g/mol. The van der Waals surface area contributed by atoms with Crippen molar-refractivity contribution in [2.75, 3.05) is 5.32 Å². The Balaban J connectivity index is 1.65. The average molecular weight is 252 g/mol. The van der Waals surface area contributed by atoms with Gasteiger partial charge in [-0.1, -0.05) is 18.0 Å². The van der Waals surface area contributed by atoms with Gasteiger partial charge in [-0.05, 0) is 31.1 Å². The number of halogens is 1. The van der Waals surface area contributed by atoms with Crippen LogP contribution in [0.4, 0.5) is 5.82 Å². The van der Waals surface area contributed by atoms with Crippen LogP contribution >= 0.6 is 11.6 Å². The minimum Gasteiger partial charge on any atom is -0.309 e. The Hall–Kier alpha value is -1.16. The molecule has 1 amide bonds. The zero-order chi connectivity index (χ0) is 11.8. The Morgan fingerprint density at radius 1 is 1.29 bits per heavy atom. The summed E-state index contributed by atoms with van der Waals surface area (Å²) in [5.41, 5.74) is 0. The number of carbonyl (C=O) groups is 1. The maximum absolute atomic E-state index is 12.1. The normalized spacial score (nSPS) is 30.5. The van der Waals surface area contributed by atoms with Gasteiger partial charge in [0, 0.05) is 5.92 Å². The van der Waals surface area contributed by atoms with Crippen LogP contribution in [0.1, 0.15) is 25.7 Å². The fourth-order valence-electron chi connectivity index (χ4n) is 3.16. The van der Waals surface area contributed by atoms with Crippen LogP contribution in [-0.4, -0.2) is 15.9 Å². The second kappa shape index (κ2) is 4.26. The molecule has 0 radical (unpaired) electrons.